The summed E-state index contributed by atoms with van der Waals surface area (Å²) >= 11 is 0. The molecule has 29 heavy (non-hydrogen) atoms. The van der Waals surface area contributed by atoms with Crippen molar-refractivity contribution in [2.24, 2.45) is 5.41 Å². The average Bonchev–Trinajstić information content (AvgIpc) is 2.69. The van der Waals surface area contributed by atoms with Crippen molar-refractivity contribution in [3.63, 3.8) is 0 Å². The van der Waals surface area contributed by atoms with Crippen molar-refractivity contribution in [1.82, 2.24) is 15.1 Å². The number of amides is 1. The van der Waals surface area contributed by atoms with Crippen LogP contribution < -0.4 is 10.9 Å². The molecule has 0 unspecified atom stereocenters. The van der Waals surface area contributed by atoms with Gasteiger partial charge in [-0.2, -0.15) is 5.10 Å². The number of nitrogens with one attached hydrogen (secondary N) is 1. The van der Waals surface area contributed by atoms with Gasteiger partial charge in [0.25, 0.3) is 5.56 Å². The molecule has 0 aliphatic heterocycles. The predicted octanol–water partition coefficient (Wildman–Crippen LogP) is 2.59. The van der Waals surface area contributed by atoms with E-state index in [4.69, 9.17) is 0 Å². The summed E-state index contributed by atoms with van der Waals surface area (Å²) in [4.78, 5) is 35.8. The molecule has 1 fully saturated rings. The molecule has 1 saturated carbocycles. The monoisotopic (exact) mass is 401 g/mol. The lowest BCUT2D eigenvalue weighted by Crippen LogP contribution is -2.42. The molecule has 0 bridgehead atoms. The summed E-state index contributed by atoms with van der Waals surface area (Å²) in [6.07, 6.45) is 4.45. The Balaban J connectivity index is 1.70. The first-order valence-electron chi connectivity index (χ1n) is 9.70. The molecule has 1 aromatic carbocycles. The summed E-state index contributed by atoms with van der Waals surface area (Å²) in [5.41, 5.74) is -0.430. The van der Waals surface area contributed by atoms with Crippen LogP contribution in [0.4, 0.5) is 4.39 Å². The van der Waals surface area contributed by atoms with Crippen LogP contribution in [-0.4, -0.2) is 33.3 Å². The van der Waals surface area contributed by atoms with Crippen LogP contribution >= 0.6 is 0 Å². The summed E-state index contributed by atoms with van der Waals surface area (Å²) in [5, 5.41) is 16.1. The van der Waals surface area contributed by atoms with Crippen LogP contribution in [-0.2, 0) is 16.1 Å². The highest BCUT2D eigenvalue weighted by Gasteiger charge is 2.34. The minimum absolute atomic E-state index is 0.00818. The Hall–Kier alpha value is -3.03. The maximum atomic E-state index is 14.0. The fourth-order valence-corrected chi connectivity index (χ4v) is 3.89. The highest BCUT2D eigenvalue weighted by molar-refractivity contribution is 5.76. The molecular weight excluding hydrogens is 377 g/mol. The van der Waals surface area contributed by atoms with E-state index >= 15 is 0 Å². The van der Waals surface area contributed by atoms with Crippen LogP contribution in [0, 0.1) is 11.2 Å². The Morgan fingerprint density at radius 3 is 2.55 bits per heavy atom. The SMILES string of the molecule is O=C(O)CC1(CNC(=O)Cn2nc(-c3ccccc3F)ccc2=O)CCCCC1. The van der Waals surface area contributed by atoms with E-state index in [9.17, 15) is 23.9 Å². The first-order valence-corrected chi connectivity index (χ1v) is 9.70. The third-order valence-corrected chi connectivity index (χ3v) is 5.41. The maximum Gasteiger partial charge on any atom is 0.303 e. The number of hydrogen-bond donors (Lipinski definition) is 2. The summed E-state index contributed by atoms with van der Waals surface area (Å²) < 4.78 is 15.0. The van der Waals surface area contributed by atoms with Gasteiger partial charge in [0.1, 0.15) is 12.4 Å². The van der Waals surface area contributed by atoms with Gasteiger partial charge < -0.3 is 10.4 Å². The van der Waals surface area contributed by atoms with Gasteiger partial charge in [-0.15, -0.1) is 0 Å². The average molecular weight is 401 g/mol. The molecule has 2 aromatic rings. The normalized spacial score (nSPS) is 15.6. The molecule has 7 nitrogen and oxygen atoms in total. The van der Waals surface area contributed by atoms with Gasteiger partial charge in [0.15, 0.2) is 0 Å². The second kappa shape index (κ2) is 8.98. The van der Waals surface area contributed by atoms with Crippen molar-refractivity contribution in [2.45, 2.75) is 45.1 Å². The first-order chi connectivity index (χ1) is 13.9. The van der Waals surface area contributed by atoms with Crippen LogP contribution in [0.15, 0.2) is 41.2 Å². The molecule has 1 aliphatic rings. The van der Waals surface area contributed by atoms with E-state index in [1.807, 2.05) is 0 Å². The van der Waals surface area contributed by atoms with Crippen molar-refractivity contribution in [2.75, 3.05) is 6.54 Å². The third-order valence-electron chi connectivity index (χ3n) is 5.41. The number of carbonyl (C=O) groups is 2. The number of nitrogens with zero attached hydrogens (tertiary/aromatic N) is 2. The van der Waals surface area contributed by atoms with Gasteiger partial charge in [-0.1, -0.05) is 31.4 Å². The molecule has 154 valence electrons. The number of halogens is 1. The summed E-state index contributed by atoms with van der Waals surface area (Å²) in [5.74, 6) is -1.78. The van der Waals surface area contributed by atoms with Crippen LogP contribution in [0.25, 0.3) is 11.3 Å². The fraction of sp³-hybridized carbons (Fsp3) is 0.429. The van der Waals surface area contributed by atoms with Crippen molar-refractivity contribution in [1.29, 1.82) is 0 Å². The lowest BCUT2D eigenvalue weighted by Gasteiger charge is -2.36. The van der Waals surface area contributed by atoms with Crippen LogP contribution in [0.3, 0.4) is 0 Å². The van der Waals surface area contributed by atoms with Gasteiger partial charge in [-0.05, 0) is 36.5 Å². The van der Waals surface area contributed by atoms with E-state index in [0.717, 1.165) is 36.8 Å². The Bertz CT molecular complexity index is 951. The topological polar surface area (TPSA) is 101 Å². The molecule has 0 radical (unpaired) electrons. The van der Waals surface area contributed by atoms with E-state index in [-0.39, 0.29) is 30.8 Å². The van der Waals surface area contributed by atoms with Crippen molar-refractivity contribution in [3.05, 3.63) is 52.6 Å². The molecule has 8 heteroatoms. The van der Waals surface area contributed by atoms with Crippen molar-refractivity contribution in [3.8, 4) is 11.3 Å². The van der Waals surface area contributed by atoms with Gasteiger partial charge >= 0.3 is 5.97 Å². The number of aliphatic carboxylic acids is 1. The molecule has 1 aliphatic carbocycles. The predicted molar refractivity (Wildman–Crippen MR) is 105 cm³/mol. The van der Waals surface area contributed by atoms with Crippen LogP contribution in [0.5, 0.6) is 0 Å². The number of carboxylic acids is 1. The van der Waals surface area contributed by atoms with Crippen LogP contribution in [0.1, 0.15) is 38.5 Å². The first kappa shape index (κ1) is 20.7. The van der Waals surface area contributed by atoms with E-state index in [2.05, 4.69) is 10.4 Å². The molecule has 1 heterocycles. The standard InChI is InChI=1S/C21H24FN3O4/c22-16-7-3-2-6-15(16)17-8-9-19(27)25(24-17)13-18(26)23-14-21(12-20(28)29)10-4-1-5-11-21/h2-3,6-9H,1,4-5,10-14H2,(H,23,26)(H,28,29). The van der Waals surface area contributed by atoms with Gasteiger partial charge in [0.05, 0.1) is 12.1 Å². The smallest absolute Gasteiger partial charge is 0.303 e. The third kappa shape index (κ3) is 5.28. The molecule has 2 N–H and O–H groups in total. The van der Waals surface area contributed by atoms with Crippen LogP contribution in [0.2, 0.25) is 0 Å². The summed E-state index contributed by atoms with van der Waals surface area (Å²) in [7, 11) is 0. The van der Waals surface area contributed by atoms with Gasteiger partial charge in [0.2, 0.25) is 5.91 Å². The Kier molecular flexibility index (Phi) is 6.41. The van der Waals surface area contributed by atoms with Crippen molar-refractivity contribution < 1.29 is 19.1 Å². The van der Waals surface area contributed by atoms with Crippen molar-refractivity contribution >= 4 is 11.9 Å². The summed E-state index contributed by atoms with van der Waals surface area (Å²) in [6, 6.07) is 8.72. The maximum absolute atomic E-state index is 14.0. The highest BCUT2D eigenvalue weighted by atomic mass is 19.1. The largest absolute Gasteiger partial charge is 0.481 e. The van der Waals surface area contributed by atoms with Gasteiger partial charge in [-0.3, -0.25) is 14.4 Å². The van der Waals surface area contributed by atoms with E-state index in [1.165, 1.54) is 18.2 Å². The minimum Gasteiger partial charge on any atom is -0.481 e. The van der Waals surface area contributed by atoms with E-state index < -0.39 is 28.7 Å². The number of rotatable bonds is 7. The Labute approximate surface area is 167 Å². The number of carbonyl (C=O) groups excluding carboxylic acids is 1. The van der Waals surface area contributed by atoms with Gasteiger partial charge in [0, 0.05) is 18.2 Å². The number of aromatic nitrogens is 2. The Morgan fingerprint density at radius 1 is 1.14 bits per heavy atom. The number of carboxylic acid groups (broad SMARTS) is 1. The molecule has 0 spiro atoms. The molecule has 3 rings (SSSR count). The van der Waals surface area contributed by atoms with E-state index in [0.29, 0.717) is 0 Å². The quantitative estimate of drug-likeness (QED) is 0.743. The zero-order chi connectivity index (χ0) is 20.9. The summed E-state index contributed by atoms with van der Waals surface area (Å²) in [6.45, 7) is -0.0653. The second-order valence-electron chi connectivity index (χ2n) is 7.60. The lowest BCUT2D eigenvalue weighted by molar-refractivity contribution is -0.140. The zero-order valence-corrected chi connectivity index (χ0v) is 16.1. The lowest BCUT2D eigenvalue weighted by atomic mass is 9.71. The zero-order valence-electron chi connectivity index (χ0n) is 16.1. The minimum atomic E-state index is -0.878. The Morgan fingerprint density at radius 2 is 1.86 bits per heavy atom. The molecule has 0 saturated heterocycles. The molecule has 1 amide bonds. The fourth-order valence-electron chi connectivity index (χ4n) is 3.89. The molecule has 0 atom stereocenters. The number of hydrogen-bond acceptors (Lipinski definition) is 4. The van der Waals surface area contributed by atoms with E-state index in [1.54, 1.807) is 18.2 Å². The highest BCUT2D eigenvalue weighted by Crippen LogP contribution is 2.38. The molecule has 1 aromatic heterocycles. The second-order valence-corrected chi connectivity index (χ2v) is 7.60. The number of benzene rings is 1. The molecular formula is C21H24FN3O4. The van der Waals surface area contributed by atoms with Gasteiger partial charge in [-0.25, -0.2) is 9.07 Å².